The van der Waals surface area contributed by atoms with Crippen molar-refractivity contribution in [1.29, 1.82) is 0 Å². The van der Waals surface area contributed by atoms with E-state index in [4.69, 9.17) is 0 Å². The maximum Gasteiger partial charge on any atom is 0.124 e. The SMILES string of the molecule is C=C\C=C/C(=C\C)C(/O)=C\C(=C)N(C)CCCC. The molecule has 1 N–H and O–H groups in total. The molecule has 0 radical (unpaired) electrons. The van der Waals surface area contributed by atoms with Gasteiger partial charge in [0, 0.05) is 30.9 Å². The summed E-state index contributed by atoms with van der Waals surface area (Å²) in [5, 5.41) is 10.0. The van der Waals surface area contributed by atoms with Crippen LogP contribution in [0.3, 0.4) is 0 Å². The van der Waals surface area contributed by atoms with Gasteiger partial charge in [-0.1, -0.05) is 50.8 Å². The van der Waals surface area contributed by atoms with Gasteiger partial charge in [-0.3, -0.25) is 0 Å². The molecule has 0 aliphatic carbocycles. The highest BCUT2D eigenvalue weighted by atomic mass is 16.3. The van der Waals surface area contributed by atoms with Gasteiger partial charge in [-0.05, 0) is 13.3 Å². The van der Waals surface area contributed by atoms with Crippen molar-refractivity contribution in [2.75, 3.05) is 13.6 Å². The number of hydrogen-bond acceptors (Lipinski definition) is 2. The number of allylic oxidation sites excluding steroid dienone is 5. The van der Waals surface area contributed by atoms with Gasteiger partial charge in [-0.15, -0.1) is 0 Å². The van der Waals surface area contributed by atoms with E-state index in [-0.39, 0.29) is 5.76 Å². The highest BCUT2D eigenvalue weighted by molar-refractivity contribution is 5.39. The van der Waals surface area contributed by atoms with Crippen LogP contribution in [0, 0.1) is 0 Å². The Morgan fingerprint density at radius 2 is 2.06 bits per heavy atom. The van der Waals surface area contributed by atoms with Crippen LogP contribution in [0.15, 0.2) is 60.6 Å². The fraction of sp³-hybridized carbons (Fsp3) is 0.375. The Bertz CT molecular complexity index is 361. The summed E-state index contributed by atoms with van der Waals surface area (Å²) in [6.45, 7) is 12.6. The van der Waals surface area contributed by atoms with Crippen LogP contribution in [0.4, 0.5) is 0 Å². The first kappa shape index (κ1) is 16.3. The molecule has 0 amide bonds. The van der Waals surface area contributed by atoms with Crippen molar-refractivity contribution in [3.05, 3.63) is 60.6 Å². The molecule has 2 nitrogen and oxygen atoms in total. The summed E-state index contributed by atoms with van der Waals surface area (Å²) in [5.41, 5.74) is 1.58. The van der Waals surface area contributed by atoms with Crippen LogP contribution < -0.4 is 0 Å². The molecule has 0 atom stereocenters. The molecule has 0 aromatic rings. The standard InChI is InChI=1S/C16H25NO/c1-6-9-11-15(8-3)16(18)13-14(4)17(5)12-10-7-2/h6,8-9,11,13,18H,1,4,7,10,12H2,2-3,5H3/b11-9-,15-8+,16-13+. The second kappa shape index (κ2) is 9.34. The zero-order chi connectivity index (χ0) is 14.0. The topological polar surface area (TPSA) is 23.5 Å². The molecule has 0 aliphatic heterocycles. The molecule has 0 heterocycles. The molecule has 0 aliphatic rings. The third-order valence-corrected chi connectivity index (χ3v) is 2.66. The highest BCUT2D eigenvalue weighted by Crippen LogP contribution is 2.13. The molecule has 0 rings (SSSR count). The second-order valence-electron chi connectivity index (χ2n) is 4.13. The van der Waals surface area contributed by atoms with Crippen LogP contribution in [0.25, 0.3) is 0 Å². The Kier molecular flexibility index (Phi) is 8.46. The molecule has 2 heteroatoms. The molecule has 0 spiro atoms. The van der Waals surface area contributed by atoms with E-state index < -0.39 is 0 Å². The van der Waals surface area contributed by atoms with Gasteiger partial charge in [-0.2, -0.15) is 0 Å². The maximum atomic E-state index is 10.0. The number of rotatable bonds is 8. The first-order chi connectivity index (χ1) is 8.56. The smallest absolute Gasteiger partial charge is 0.124 e. The molecule has 0 bridgehead atoms. The molecule has 0 aromatic heterocycles. The molecular formula is C16H25NO. The molecule has 0 saturated heterocycles. The van der Waals surface area contributed by atoms with Crippen molar-refractivity contribution < 1.29 is 5.11 Å². The summed E-state index contributed by atoms with van der Waals surface area (Å²) in [6, 6.07) is 0. The predicted octanol–water partition coefficient (Wildman–Crippen LogP) is 4.36. The van der Waals surface area contributed by atoms with E-state index in [2.05, 4.69) is 20.1 Å². The molecular weight excluding hydrogens is 222 g/mol. The van der Waals surface area contributed by atoms with Gasteiger partial charge < -0.3 is 10.0 Å². The number of aliphatic hydroxyl groups is 1. The molecule has 100 valence electrons. The number of likely N-dealkylation sites (N-methyl/N-ethyl adjacent to an activating group) is 1. The van der Waals surface area contributed by atoms with Crippen LogP contribution in [0.1, 0.15) is 26.7 Å². The Balaban J connectivity index is 4.69. The van der Waals surface area contributed by atoms with Gasteiger partial charge in [0.2, 0.25) is 0 Å². The van der Waals surface area contributed by atoms with Gasteiger partial charge in [0.05, 0.1) is 0 Å². The first-order valence-electron chi connectivity index (χ1n) is 6.33. The van der Waals surface area contributed by atoms with Gasteiger partial charge in [0.25, 0.3) is 0 Å². The summed E-state index contributed by atoms with van der Waals surface area (Å²) in [6.07, 6.45) is 11.1. The van der Waals surface area contributed by atoms with Crippen LogP contribution in [-0.2, 0) is 0 Å². The minimum absolute atomic E-state index is 0.226. The van der Waals surface area contributed by atoms with Gasteiger partial charge in [0.1, 0.15) is 5.76 Å². The summed E-state index contributed by atoms with van der Waals surface area (Å²) in [4.78, 5) is 2.05. The summed E-state index contributed by atoms with van der Waals surface area (Å²) >= 11 is 0. The second-order valence-corrected chi connectivity index (χ2v) is 4.13. The van der Waals surface area contributed by atoms with Crippen molar-refractivity contribution in [1.82, 2.24) is 4.90 Å². The quantitative estimate of drug-likeness (QED) is 0.509. The Morgan fingerprint density at radius 1 is 1.39 bits per heavy atom. The first-order valence-corrected chi connectivity index (χ1v) is 6.33. The van der Waals surface area contributed by atoms with Crippen molar-refractivity contribution >= 4 is 0 Å². The van der Waals surface area contributed by atoms with Crippen molar-refractivity contribution in [2.24, 2.45) is 0 Å². The minimum atomic E-state index is 0.226. The monoisotopic (exact) mass is 247 g/mol. The third-order valence-electron chi connectivity index (χ3n) is 2.66. The van der Waals surface area contributed by atoms with E-state index in [0.29, 0.717) is 0 Å². The van der Waals surface area contributed by atoms with Crippen molar-refractivity contribution in [2.45, 2.75) is 26.7 Å². The van der Waals surface area contributed by atoms with Crippen LogP contribution in [-0.4, -0.2) is 23.6 Å². The van der Waals surface area contributed by atoms with Gasteiger partial charge >= 0.3 is 0 Å². The van der Waals surface area contributed by atoms with E-state index in [1.165, 1.54) is 0 Å². The van der Waals surface area contributed by atoms with Crippen LogP contribution in [0.2, 0.25) is 0 Å². The zero-order valence-corrected chi connectivity index (χ0v) is 11.8. The van der Waals surface area contributed by atoms with E-state index in [9.17, 15) is 5.11 Å². The fourth-order valence-corrected chi connectivity index (χ4v) is 1.39. The lowest BCUT2D eigenvalue weighted by Gasteiger charge is -2.19. The van der Waals surface area contributed by atoms with Gasteiger partial charge in [-0.25, -0.2) is 0 Å². The van der Waals surface area contributed by atoms with E-state index in [1.807, 2.05) is 31.0 Å². The molecule has 18 heavy (non-hydrogen) atoms. The average Bonchev–Trinajstić information content (AvgIpc) is 2.36. The lowest BCUT2D eigenvalue weighted by atomic mass is 10.1. The summed E-state index contributed by atoms with van der Waals surface area (Å²) < 4.78 is 0. The Labute approximate surface area is 111 Å². The van der Waals surface area contributed by atoms with E-state index in [1.54, 1.807) is 18.2 Å². The molecule has 0 saturated carbocycles. The lowest BCUT2D eigenvalue weighted by molar-refractivity contribution is 0.401. The zero-order valence-electron chi connectivity index (χ0n) is 11.8. The minimum Gasteiger partial charge on any atom is -0.507 e. The van der Waals surface area contributed by atoms with Crippen LogP contribution in [0.5, 0.6) is 0 Å². The Hall–Kier alpha value is -1.70. The number of unbranched alkanes of at least 4 members (excludes halogenated alkanes) is 1. The predicted molar refractivity (Wildman–Crippen MR) is 80.5 cm³/mol. The highest BCUT2D eigenvalue weighted by Gasteiger charge is 2.02. The summed E-state index contributed by atoms with van der Waals surface area (Å²) in [7, 11) is 1.98. The van der Waals surface area contributed by atoms with Gasteiger partial charge in [0.15, 0.2) is 0 Å². The fourth-order valence-electron chi connectivity index (χ4n) is 1.39. The normalized spacial score (nSPS) is 12.8. The third kappa shape index (κ3) is 6.14. The molecule has 0 fully saturated rings. The number of aliphatic hydroxyl groups excluding tert-OH is 1. The molecule has 0 unspecified atom stereocenters. The van der Waals surface area contributed by atoms with E-state index in [0.717, 1.165) is 30.7 Å². The number of nitrogens with zero attached hydrogens (tertiary/aromatic N) is 1. The van der Waals surface area contributed by atoms with E-state index >= 15 is 0 Å². The number of hydrogen-bond donors (Lipinski definition) is 1. The average molecular weight is 247 g/mol. The lowest BCUT2D eigenvalue weighted by Crippen LogP contribution is -2.17. The van der Waals surface area contributed by atoms with Crippen molar-refractivity contribution in [3.63, 3.8) is 0 Å². The largest absolute Gasteiger partial charge is 0.507 e. The maximum absolute atomic E-state index is 10.0. The van der Waals surface area contributed by atoms with Crippen LogP contribution >= 0.6 is 0 Å². The Morgan fingerprint density at radius 3 is 2.56 bits per heavy atom. The van der Waals surface area contributed by atoms with Crippen molar-refractivity contribution in [3.8, 4) is 0 Å². The summed E-state index contributed by atoms with van der Waals surface area (Å²) in [5.74, 6) is 0.226. The molecule has 0 aromatic carbocycles.